The first-order valence-electron chi connectivity index (χ1n) is 17.6. The van der Waals surface area contributed by atoms with E-state index in [-0.39, 0.29) is 0 Å². The van der Waals surface area contributed by atoms with Gasteiger partial charge in [-0.2, -0.15) is 5.26 Å². The van der Waals surface area contributed by atoms with E-state index in [4.69, 9.17) is 0 Å². The lowest BCUT2D eigenvalue weighted by molar-refractivity contribution is 1.18. The molecule has 0 fully saturated rings. The first kappa shape index (κ1) is 29.7. The molecule has 0 saturated carbocycles. The fraction of sp³-hybridized carbons (Fsp3) is 0. The highest BCUT2D eigenvalue weighted by Crippen LogP contribution is 2.40. The minimum absolute atomic E-state index is 0.653. The molecule has 8 aromatic carbocycles. The highest BCUT2D eigenvalue weighted by molar-refractivity contribution is 6.12. The molecule has 3 nitrogen and oxygen atoms in total. The number of benzene rings is 8. The molecule has 10 aromatic rings. The maximum atomic E-state index is 9.50. The summed E-state index contributed by atoms with van der Waals surface area (Å²) in [6, 6.07) is 69.3. The van der Waals surface area contributed by atoms with Crippen LogP contribution in [0.1, 0.15) is 5.56 Å². The normalized spacial score (nSPS) is 11.4. The van der Waals surface area contributed by atoms with Gasteiger partial charge in [-0.1, -0.05) is 97.1 Å². The summed E-state index contributed by atoms with van der Waals surface area (Å²) >= 11 is 0. The van der Waals surface area contributed by atoms with Crippen molar-refractivity contribution in [2.75, 3.05) is 0 Å². The van der Waals surface area contributed by atoms with Crippen molar-refractivity contribution >= 4 is 43.6 Å². The van der Waals surface area contributed by atoms with E-state index in [2.05, 4.69) is 191 Å². The Morgan fingerprint density at radius 2 is 0.692 bits per heavy atom. The lowest BCUT2D eigenvalue weighted by atomic mass is 9.92. The predicted molar refractivity (Wildman–Crippen MR) is 216 cm³/mol. The zero-order chi connectivity index (χ0) is 34.6. The molecule has 0 radical (unpaired) electrons. The highest BCUT2D eigenvalue weighted by atomic mass is 15.0. The smallest absolute Gasteiger partial charge is 0.0991 e. The summed E-state index contributed by atoms with van der Waals surface area (Å²) in [5.74, 6) is 0. The van der Waals surface area contributed by atoms with Gasteiger partial charge < -0.3 is 9.13 Å². The van der Waals surface area contributed by atoms with Crippen molar-refractivity contribution in [3.8, 4) is 50.8 Å². The average Bonchev–Trinajstić information content (AvgIpc) is 3.73. The van der Waals surface area contributed by atoms with E-state index in [1.165, 1.54) is 43.6 Å². The summed E-state index contributed by atoms with van der Waals surface area (Å²) in [5.41, 5.74) is 14.5. The van der Waals surface area contributed by atoms with Crippen molar-refractivity contribution in [1.82, 2.24) is 9.13 Å². The molecule has 0 unspecified atom stereocenters. The van der Waals surface area contributed by atoms with Gasteiger partial charge in [-0.05, 0) is 124 Å². The molecule has 0 amide bonds. The molecular weight excluding hydrogens is 631 g/mol. The van der Waals surface area contributed by atoms with Gasteiger partial charge in [-0.25, -0.2) is 0 Å². The van der Waals surface area contributed by atoms with Crippen LogP contribution in [-0.2, 0) is 0 Å². The summed E-state index contributed by atoms with van der Waals surface area (Å²) in [4.78, 5) is 0. The average molecular weight is 662 g/mol. The quantitative estimate of drug-likeness (QED) is 0.181. The Kier molecular flexibility index (Phi) is 6.87. The van der Waals surface area contributed by atoms with Crippen LogP contribution < -0.4 is 0 Å². The minimum atomic E-state index is 0.653. The molecule has 0 aliphatic carbocycles. The van der Waals surface area contributed by atoms with Gasteiger partial charge in [0.25, 0.3) is 0 Å². The van der Waals surface area contributed by atoms with Crippen molar-refractivity contribution in [3.05, 3.63) is 194 Å². The van der Waals surface area contributed by atoms with Crippen LogP contribution in [0.25, 0.3) is 88.4 Å². The molecule has 0 atom stereocenters. The Morgan fingerprint density at radius 3 is 1.15 bits per heavy atom. The van der Waals surface area contributed by atoms with Crippen molar-refractivity contribution in [3.63, 3.8) is 0 Å². The number of para-hydroxylation sites is 4. The van der Waals surface area contributed by atoms with Crippen molar-refractivity contribution in [2.24, 2.45) is 0 Å². The summed E-state index contributed by atoms with van der Waals surface area (Å²) in [7, 11) is 0. The van der Waals surface area contributed by atoms with Crippen LogP contribution in [0, 0.1) is 11.3 Å². The Morgan fingerprint density at radius 1 is 0.308 bits per heavy atom. The van der Waals surface area contributed by atoms with Gasteiger partial charge in [0.15, 0.2) is 0 Å². The molecule has 52 heavy (non-hydrogen) atoms. The number of hydrogen-bond acceptors (Lipinski definition) is 1. The third kappa shape index (κ3) is 4.81. The first-order valence-corrected chi connectivity index (χ1v) is 17.6. The highest BCUT2D eigenvalue weighted by Gasteiger charge is 2.16. The van der Waals surface area contributed by atoms with Crippen molar-refractivity contribution < 1.29 is 0 Å². The maximum Gasteiger partial charge on any atom is 0.0991 e. The van der Waals surface area contributed by atoms with Crippen molar-refractivity contribution in [1.29, 1.82) is 5.26 Å². The molecule has 0 bridgehead atoms. The van der Waals surface area contributed by atoms with Gasteiger partial charge in [0, 0.05) is 32.9 Å². The van der Waals surface area contributed by atoms with E-state index < -0.39 is 0 Å². The minimum Gasteiger partial charge on any atom is -0.309 e. The predicted octanol–water partition coefficient (Wildman–Crippen LogP) is 12.8. The standard InChI is InChI=1S/C49H31N3/c50-32-33-19-21-34(22-20-33)37-27-38(35-23-25-48-44(30-35)42-15-7-9-17-46(42)51(48)40-11-3-1-4-12-40)29-39(28-37)36-24-26-49-45(31-36)43-16-8-10-18-47(43)52(49)41-13-5-2-6-14-41/h1-31H. The molecule has 0 saturated heterocycles. The summed E-state index contributed by atoms with van der Waals surface area (Å²) < 4.78 is 4.71. The van der Waals surface area contributed by atoms with Crippen LogP contribution in [0.15, 0.2) is 188 Å². The molecule has 0 N–H and O–H groups in total. The molecule has 2 heterocycles. The van der Waals surface area contributed by atoms with Gasteiger partial charge >= 0.3 is 0 Å². The van der Waals surface area contributed by atoms with E-state index in [0.29, 0.717) is 5.56 Å². The van der Waals surface area contributed by atoms with Crippen molar-refractivity contribution in [2.45, 2.75) is 0 Å². The van der Waals surface area contributed by atoms with E-state index in [1.54, 1.807) is 0 Å². The third-order valence-corrected chi connectivity index (χ3v) is 10.3. The van der Waals surface area contributed by atoms with E-state index in [0.717, 1.165) is 44.8 Å². The monoisotopic (exact) mass is 661 g/mol. The SMILES string of the molecule is N#Cc1ccc(-c2cc(-c3ccc4c(c3)c3ccccc3n4-c3ccccc3)cc(-c3ccc4c(c3)c3ccccc3n4-c3ccccc3)c2)cc1. The second-order valence-electron chi connectivity index (χ2n) is 13.3. The molecule has 2 aromatic heterocycles. The number of fused-ring (bicyclic) bond motifs is 6. The molecule has 242 valence electrons. The Balaban J connectivity index is 1.19. The molecule has 0 aliphatic rings. The Bertz CT molecular complexity index is 2820. The van der Waals surface area contributed by atoms with Crippen LogP contribution >= 0.6 is 0 Å². The largest absolute Gasteiger partial charge is 0.309 e. The van der Waals surface area contributed by atoms with Crippen LogP contribution in [0.4, 0.5) is 0 Å². The van der Waals surface area contributed by atoms with Gasteiger partial charge in [0.2, 0.25) is 0 Å². The van der Waals surface area contributed by atoms with Gasteiger partial charge in [-0.15, -0.1) is 0 Å². The Labute approximate surface area is 301 Å². The van der Waals surface area contributed by atoms with Crippen LogP contribution in [0.3, 0.4) is 0 Å². The van der Waals surface area contributed by atoms with Crippen LogP contribution in [0.2, 0.25) is 0 Å². The van der Waals surface area contributed by atoms with Gasteiger partial charge in [-0.3, -0.25) is 0 Å². The molecule has 0 aliphatic heterocycles. The van der Waals surface area contributed by atoms with E-state index in [1.807, 2.05) is 12.1 Å². The third-order valence-electron chi connectivity index (χ3n) is 10.3. The summed E-state index contributed by atoms with van der Waals surface area (Å²) in [5, 5.41) is 14.4. The van der Waals surface area contributed by atoms with Crippen LogP contribution in [0.5, 0.6) is 0 Å². The second kappa shape index (κ2) is 12.0. The fourth-order valence-electron chi connectivity index (χ4n) is 7.88. The second-order valence-corrected chi connectivity index (χ2v) is 13.3. The number of rotatable bonds is 5. The van der Waals surface area contributed by atoms with Gasteiger partial charge in [0.05, 0.1) is 33.7 Å². The zero-order valence-electron chi connectivity index (χ0n) is 28.2. The summed E-state index contributed by atoms with van der Waals surface area (Å²) in [6.07, 6.45) is 0. The van der Waals surface area contributed by atoms with E-state index >= 15 is 0 Å². The maximum absolute atomic E-state index is 9.50. The lowest BCUT2D eigenvalue weighted by Gasteiger charge is -2.13. The summed E-state index contributed by atoms with van der Waals surface area (Å²) in [6.45, 7) is 0. The number of nitrogens with zero attached hydrogens (tertiary/aromatic N) is 3. The lowest BCUT2D eigenvalue weighted by Crippen LogP contribution is -1.93. The molecule has 10 rings (SSSR count). The molecular formula is C49H31N3. The molecule has 0 spiro atoms. The number of aromatic nitrogens is 2. The number of hydrogen-bond donors (Lipinski definition) is 0. The molecule has 3 heteroatoms. The van der Waals surface area contributed by atoms with Crippen LogP contribution in [-0.4, -0.2) is 9.13 Å². The van der Waals surface area contributed by atoms with Gasteiger partial charge in [0.1, 0.15) is 0 Å². The zero-order valence-corrected chi connectivity index (χ0v) is 28.2. The number of nitriles is 1. The van der Waals surface area contributed by atoms with E-state index in [9.17, 15) is 5.26 Å². The first-order chi connectivity index (χ1) is 25.7. The Hall–Kier alpha value is -7.15. The fourth-order valence-corrected chi connectivity index (χ4v) is 7.88. The topological polar surface area (TPSA) is 33.6 Å².